The first-order valence-electron chi connectivity index (χ1n) is 6.65. The van der Waals surface area contributed by atoms with Crippen LogP contribution in [0.25, 0.3) is 10.1 Å². The van der Waals surface area contributed by atoms with Crippen LogP contribution in [0.15, 0.2) is 48.5 Å². The molecular formula is C17H12N2OS2. The molecule has 3 nitrogen and oxygen atoms in total. The number of hydrogen-bond donors (Lipinski definition) is 2. The number of aromatic hydroxyl groups is 1. The van der Waals surface area contributed by atoms with Crippen LogP contribution >= 0.6 is 23.6 Å². The summed E-state index contributed by atoms with van der Waals surface area (Å²) in [6.45, 7) is 0.615. The summed E-state index contributed by atoms with van der Waals surface area (Å²) in [5, 5.41) is 22.5. The van der Waals surface area contributed by atoms with Gasteiger partial charge in [-0.05, 0) is 47.3 Å². The zero-order valence-electron chi connectivity index (χ0n) is 11.5. The number of thiophene rings is 1. The lowest BCUT2D eigenvalue weighted by Crippen LogP contribution is -2.20. The average molecular weight is 324 g/mol. The van der Waals surface area contributed by atoms with E-state index in [0.717, 1.165) is 20.5 Å². The third kappa shape index (κ3) is 3.08. The van der Waals surface area contributed by atoms with Crippen LogP contribution in [0.1, 0.15) is 16.0 Å². The van der Waals surface area contributed by atoms with Crippen molar-refractivity contribution in [3.63, 3.8) is 0 Å². The van der Waals surface area contributed by atoms with Gasteiger partial charge < -0.3 is 10.4 Å². The van der Waals surface area contributed by atoms with Crippen LogP contribution in [-0.2, 0) is 6.54 Å². The molecule has 1 aromatic heterocycles. The lowest BCUT2D eigenvalue weighted by molar-refractivity contribution is 0.476. The van der Waals surface area contributed by atoms with E-state index >= 15 is 0 Å². The SMILES string of the molecule is N#Cc1ccc(CNC(=S)c2cc3cc(O)ccc3s2)cc1. The first kappa shape index (κ1) is 14.5. The minimum atomic E-state index is 0.258. The van der Waals surface area contributed by atoms with Gasteiger partial charge in [0.2, 0.25) is 0 Å². The highest BCUT2D eigenvalue weighted by molar-refractivity contribution is 7.81. The molecule has 0 spiro atoms. The molecule has 108 valence electrons. The van der Waals surface area contributed by atoms with Crippen LogP contribution in [0.2, 0.25) is 0 Å². The Morgan fingerprint density at radius 1 is 1.18 bits per heavy atom. The van der Waals surface area contributed by atoms with E-state index < -0.39 is 0 Å². The Kier molecular flexibility index (Phi) is 4.05. The standard InChI is InChI=1S/C17H12N2OS2/c18-9-11-1-3-12(4-2-11)10-19-17(21)16-8-13-7-14(20)5-6-15(13)22-16/h1-8,20H,10H2,(H,19,21). The third-order valence-corrected chi connectivity index (χ3v) is 4.89. The van der Waals surface area contributed by atoms with Gasteiger partial charge in [-0.3, -0.25) is 0 Å². The molecule has 0 aliphatic carbocycles. The highest BCUT2D eigenvalue weighted by Crippen LogP contribution is 2.28. The fourth-order valence-electron chi connectivity index (χ4n) is 2.11. The lowest BCUT2D eigenvalue weighted by Gasteiger charge is -2.06. The van der Waals surface area contributed by atoms with Crippen molar-refractivity contribution in [2.75, 3.05) is 0 Å². The summed E-state index contributed by atoms with van der Waals surface area (Å²) >= 11 is 7.02. The molecule has 0 unspecified atom stereocenters. The van der Waals surface area contributed by atoms with Gasteiger partial charge in [-0.15, -0.1) is 11.3 Å². The van der Waals surface area contributed by atoms with Crippen molar-refractivity contribution in [3.8, 4) is 11.8 Å². The molecule has 0 radical (unpaired) electrons. The third-order valence-electron chi connectivity index (χ3n) is 3.26. The van der Waals surface area contributed by atoms with Crippen LogP contribution < -0.4 is 5.32 Å². The lowest BCUT2D eigenvalue weighted by atomic mass is 10.1. The Balaban J connectivity index is 1.71. The van der Waals surface area contributed by atoms with Crippen molar-refractivity contribution in [2.45, 2.75) is 6.54 Å². The molecule has 22 heavy (non-hydrogen) atoms. The Morgan fingerprint density at radius 2 is 1.95 bits per heavy atom. The van der Waals surface area contributed by atoms with E-state index in [1.54, 1.807) is 35.6 Å². The quantitative estimate of drug-likeness (QED) is 0.716. The average Bonchev–Trinajstić information content (AvgIpc) is 2.96. The largest absolute Gasteiger partial charge is 0.508 e. The van der Waals surface area contributed by atoms with E-state index in [1.807, 2.05) is 24.3 Å². The predicted molar refractivity (Wildman–Crippen MR) is 93.2 cm³/mol. The second-order valence-electron chi connectivity index (χ2n) is 4.82. The minimum Gasteiger partial charge on any atom is -0.508 e. The van der Waals surface area contributed by atoms with Crippen molar-refractivity contribution in [1.29, 1.82) is 5.26 Å². The highest BCUT2D eigenvalue weighted by atomic mass is 32.1. The van der Waals surface area contributed by atoms with E-state index in [0.29, 0.717) is 17.1 Å². The molecular weight excluding hydrogens is 312 g/mol. The van der Waals surface area contributed by atoms with Crippen molar-refractivity contribution >= 4 is 38.6 Å². The summed E-state index contributed by atoms with van der Waals surface area (Å²) in [5.74, 6) is 0.258. The monoisotopic (exact) mass is 324 g/mol. The maximum Gasteiger partial charge on any atom is 0.117 e. The molecule has 0 aliphatic rings. The highest BCUT2D eigenvalue weighted by Gasteiger charge is 2.07. The number of phenolic OH excluding ortho intramolecular Hbond substituents is 1. The maximum atomic E-state index is 9.51. The van der Waals surface area contributed by atoms with E-state index in [9.17, 15) is 5.11 Å². The van der Waals surface area contributed by atoms with E-state index in [2.05, 4.69) is 11.4 Å². The molecule has 0 fully saturated rings. The second kappa shape index (κ2) is 6.14. The molecule has 0 saturated heterocycles. The molecule has 3 aromatic rings. The molecule has 0 aliphatic heterocycles. The molecule has 0 amide bonds. The Labute approximate surface area is 137 Å². The molecule has 2 N–H and O–H groups in total. The predicted octanol–water partition coefficient (Wildman–Crippen LogP) is 3.94. The van der Waals surface area contributed by atoms with Gasteiger partial charge >= 0.3 is 0 Å². The van der Waals surface area contributed by atoms with Gasteiger partial charge in [0.1, 0.15) is 10.7 Å². The van der Waals surface area contributed by atoms with Crippen LogP contribution in [0.5, 0.6) is 5.75 Å². The number of nitrogens with zero attached hydrogens (tertiary/aromatic N) is 1. The molecule has 3 rings (SSSR count). The van der Waals surface area contributed by atoms with Gasteiger partial charge in [-0.1, -0.05) is 24.4 Å². The van der Waals surface area contributed by atoms with Crippen LogP contribution in [-0.4, -0.2) is 10.1 Å². The number of fused-ring (bicyclic) bond motifs is 1. The van der Waals surface area contributed by atoms with Crippen molar-refractivity contribution in [1.82, 2.24) is 5.32 Å². The summed E-state index contributed by atoms with van der Waals surface area (Å²) < 4.78 is 1.09. The van der Waals surface area contributed by atoms with Gasteiger partial charge in [-0.25, -0.2) is 0 Å². The smallest absolute Gasteiger partial charge is 0.117 e. The molecule has 5 heteroatoms. The fourth-order valence-corrected chi connectivity index (χ4v) is 3.32. The van der Waals surface area contributed by atoms with Gasteiger partial charge in [-0.2, -0.15) is 5.26 Å². The van der Waals surface area contributed by atoms with Gasteiger partial charge in [0.05, 0.1) is 16.5 Å². The number of benzene rings is 2. The first-order chi connectivity index (χ1) is 10.7. The molecule has 0 bridgehead atoms. The first-order valence-corrected chi connectivity index (χ1v) is 7.88. The molecule has 0 atom stereocenters. The number of nitrogens with one attached hydrogen (secondary N) is 1. The zero-order chi connectivity index (χ0) is 15.5. The van der Waals surface area contributed by atoms with Crippen LogP contribution in [0, 0.1) is 11.3 Å². The maximum absolute atomic E-state index is 9.51. The number of thiocarbonyl (C=S) groups is 1. The molecule has 1 heterocycles. The summed E-state index contributed by atoms with van der Waals surface area (Å²) in [4.78, 5) is 1.66. The summed E-state index contributed by atoms with van der Waals surface area (Å²) in [7, 11) is 0. The van der Waals surface area contributed by atoms with Crippen LogP contribution in [0.3, 0.4) is 0 Å². The van der Waals surface area contributed by atoms with Crippen molar-refractivity contribution in [2.24, 2.45) is 0 Å². The molecule has 0 saturated carbocycles. The Hall–Kier alpha value is -2.42. The second-order valence-corrected chi connectivity index (χ2v) is 6.32. The topological polar surface area (TPSA) is 56.0 Å². The zero-order valence-corrected chi connectivity index (χ0v) is 13.2. The number of rotatable bonds is 3. The van der Waals surface area contributed by atoms with E-state index in [4.69, 9.17) is 17.5 Å². The Morgan fingerprint density at radius 3 is 2.68 bits per heavy atom. The van der Waals surface area contributed by atoms with E-state index in [-0.39, 0.29) is 5.75 Å². The van der Waals surface area contributed by atoms with Crippen molar-refractivity contribution in [3.05, 3.63) is 64.5 Å². The van der Waals surface area contributed by atoms with E-state index in [1.165, 1.54) is 0 Å². The van der Waals surface area contributed by atoms with Crippen molar-refractivity contribution < 1.29 is 5.11 Å². The van der Waals surface area contributed by atoms with Crippen LogP contribution in [0.4, 0.5) is 0 Å². The normalized spacial score (nSPS) is 10.3. The fraction of sp³-hybridized carbons (Fsp3) is 0.0588. The minimum absolute atomic E-state index is 0.258. The summed E-state index contributed by atoms with van der Waals surface area (Å²) in [6.07, 6.45) is 0. The number of nitriles is 1. The van der Waals surface area contributed by atoms with Gasteiger partial charge in [0.15, 0.2) is 0 Å². The summed E-state index contributed by atoms with van der Waals surface area (Å²) in [6, 6.07) is 16.8. The van der Waals surface area contributed by atoms with Gasteiger partial charge in [0, 0.05) is 11.2 Å². The summed E-state index contributed by atoms with van der Waals surface area (Å²) in [5.41, 5.74) is 1.72. The number of hydrogen-bond acceptors (Lipinski definition) is 4. The number of phenols is 1. The van der Waals surface area contributed by atoms with Gasteiger partial charge in [0.25, 0.3) is 0 Å². The molecule has 2 aromatic carbocycles. The Bertz CT molecular complexity index is 876.